The summed E-state index contributed by atoms with van der Waals surface area (Å²) in [7, 11) is -3.70. The van der Waals surface area contributed by atoms with Crippen LogP contribution in [0.2, 0.25) is 0 Å². The third-order valence-corrected chi connectivity index (χ3v) is 5.91. The Morgan fingerprint density at radius 2 is 1.69 bits per heavy atom. The van der Waals surface area contributed by atoms with Gasteiger partial charge in [-0.2, -0.15) is 13.2 Å². The van der Waals surface area contributed by atoms with Crippen molar-refractivity contribution in [1.29, 1.82) is 0 Å². The number of carbonyl (C=O) groups excluding carboxylic acids is 2. The molecule has 11 heteroatoms. The maximum atomic E-state index is 12.7. The van der Waals surface area contributed by atoms with Crippen molar-refractivity contribution in [3.63, 3.8) is 0 Å². The number of rotatable bonds is 5. The Bertz CT molecular complexity index is 1090. The third-order valence-electron chi connectivity index (χ3n) is 5.17. The number of hydrogen-bond acceptors (Lipinski definition) is 4. The number of anilines is 1. The molecule has 7 nitrogen and oxygen atoms in total. The van der Waals surface area contributed by atoms with Gasteiger partial charge in [0.15, 0.2) is 0 Å². The van der Waals surface area contributed by atoms with Gasteiger partial charge in [-0.25, -0.2) is 13.6 Å². The first-order valence-corrected chi connectivity index (χ1v) is 11.5. The summed E-state index contributed by atoms with van der Waals surface area (Å²) in [6.07, 6.45) is -3.67. The van der Waals surface area contributed by atoms with Crippen LogP contribution in [0.3, 0.4) is 0 Å². The van der Waals surface area contributed by atoms with Gasteiger partial charge in [-0.1, -0.05) is 12.1 Å². The monoisotopic (exact) mass is 469 g/mol. The maximum Gasteiger partial charge on any atom is 0.416 e. The lowest BCUT2D eigenvalue weighted by Crippen LogP contribution is -2.41. The van der Waals surface area contributed by atoms with Gasteiger partial charge in [-0.05, 0) is 54.8 Å². The molecule has 2 aromatic carbocycles. The van der Waals surface area contributed by atoms with Crippen molar-refractivity contribution in [1.82, 2.24) is 4.90 Å². The molecule has 0 atom stereocenters. The first kappa shape index (κ1) is 23.7. The summed E-state index contributed by atoms with van der Waals surface area (Å²) in [4.78, 5) is 26.7. The van der Waals surface area contributed by atoms with Crippen molar-refractivity contribution in [3.05, 3.63) is 65.2 Å². The number of nitrogens with one attached hydrogen (secondary N) is 1. The number of carbonyl (C=O) groups is 2. The minimum absolute atomic E-state index is 0.160. The van der Waals surface area contributed by atoms with E-state index < -0.39 is 21.8 Å². The molecule has 0 saturated carbocycles. The molecule has 0 aromatic heterocycles. The van der Waals surface area contributed by atoms with Crippen LogP contribution in [0.4, 0.5) is 18.9 Å². The number of benzene rings is 2. The predicted molar refractivity (Wildman–Crippen MR) is 112 cm³/mol. The lowest BCUT2D eigenvalue weighted by molar-refractivity contribution is -0.137. The molecule has 172 valence electrons. The van der Waals surface area contributed by atoms with Gasteiger partial charge in [-0.15, -0.1) is 0 Å². The first-order valence-electron chi connectivity index (χ1n) is 9.79. The molecular formula is C21H22F3N3O4S. The second-order valence-electron chi connectivity index (χ2n) is 7.64. The van der Waals surface area contributed by atoms with Crippen molar-refractivity contribution in [2.24, 2.45) is 11.1 Å². The Balaban J connectivity index is 1.55. The highest BCUT2D eigenvalue weighted by atomic mass is 32.2. The van der Waals surface area contributed by atoms with E-state index >= 15 is 0 Å². The van der Waals surface area contributed by atoms with Crippen LogP contribution in [0.1, 0.15) is 34.3 Å². The van der Waals surface area contributed by atoms with E-state index in [0.717, 1.165) is 24.3 Å². The molecule has 1 saturated heterocycles. The fraction of sp³-hybridized carbons (Fsp3) is 0.333. The number of halogens is 3. The van der Waals surface area contributed by atoms with E-state index in [9.17, 15) is 31.2 Å². The topological polar surface area (TPSA) is 110 Å². The maximum absolute atomic E-state index is 12.7. The Morgan fingerprint density at radius 1 is 1.06 bits per heavy atom. The van der Waals surface area contributed by atoms with Crippen LogP contribution in [0.15, 0.2) is 48.5 Å². The van der Waals surface area contributed by atoms with Crippen LogP contribution in [-0.4, -0.2) is 38.2 Å². The van der Waals surface area contributed by atoms with Crippen LogP contribution in [0, 0.1) is 5.92 Å². The molecule has 0 radical (unpaired) electrons. The predicted octanol–water partition coefficient (Wildman–Crippen LogP) is 2.98. The summed E-state index contributed by atoms with van der Waals surface area (Å²) in [6, 6.07) is 10.4. The average Bonchev–Trinajstić information content (AvgIpc) is 2.72. The molecule has 3 rings (SSSR count). The Kier molecular flexibility index (Phi) is 6.89. The molecule has 0 unspecified atom stereocenters. The number of amides is 2. The molecule has 0 spiro atoms. The summed E-state index contributed by atoms with van der Waals surface area (Å²) in [6.45, 7) is 0.590. The summed E-state index contributed by atoms with van der Waals surface area (Å²) < 4.78 is 60.5. The van der Waals surface area contributed by atoms with E-state index in [2.05, 4.69) is 5.32 Å². The van der Waals surface area contributed by atoms with E-state index in [1.807, 2.05) is 0 Å². The van der Waals surface area contributed by atoms with Gasteiger partial charge >= 0.3 is 6.18 Å². The molecule has 2 amide bonds. The molecule has 0 aliphatic carbocycles. The van der Waals surface area contributed by atoms with Gasteiger partial charge in [0.25, 0.3) is 5.91 Å². The standard InChI is InChI=1S/C21H22F3N3O4S/c22-21(23,24)17-6-4-16(5-7-17)20(29)27-10-8-15(9-11-27)19(28)26-18-3-1-2-14(12-18)13-32(25,30)31/h1-7,12,15H,8-11,13H2,(H,26,28)(H2,25,30,31). The molecule has 1 fully saturated rings. The lowest BCUT2D eigenvalue weighted by Gasteiger charge is -2.31. The highest BCUT2D eigenvalue weighted by molar-refractivity contribution is 7.88. The largest absolute Gasteiger partial charge is 0.416 e. The van der Waals surface area contributed by atoms with E-state index in [0.29, 0.717) is 37.2 Å². The molecule has 3 N–H and O–H groups in total. The van der Waals surface area contributed by atoms with E-state index in [4.69, 9.17) is 5.14 Å². The Labute approximate surface area is 183 Å². The second kappa shape index (κ2) is 9.29. The number of hydrogen-bond donors (Lipinski definition) is 2. The highest BCUT2D eigenvalue weighted by Gasteiger charge is 2.31. The number of nitrogens with zero attached hydrogens (tertiary/aromatic N) is 1. The van der Waals surface area contributed by atoms with E-state index in [-0.39, 0.29) is 29.0 Å². The quantitative estimate of drug-likeness (QED) is 0.702. The summed E-state index contributed by atoms with van der Waals surface area (Å²) in [5.41, 5.74) is 0.229. The van der Waals surface area contributed by atoms with Crippen LogP contribution < -0.4 is 10.5 Å². The molecule has 0 bridgehead atoms. The highest BCUT2D eigenvalue weighted by Crippen LogP contribution is 2.29. The van der Waals surface area contributed by atoms with Gasteiger partial charge in [0.1, 0.15) is 0 Å². The van der Waals surface area contributed by atoms with E-state index in [1.165, 1.54) is 11.0 Å². The number of sulfonamides is 1. The number of likely N-dealkylation sites (tertiary alicyclic amines) is 1. The van der Waals surface area contributed by atoms with Crippen LogP contribution >= 0.6 is 0 Å². The summed E-state index contributed by atoms with van der Waals surface area (Å²) in [5.74, 6) is -1.33. The second-order valence-corrected chi connectivity index (χ2v) is 9.25. The number of alkyl halides is 3. The number of piperidine rings is 1. The van der Waals surface area contributed by atoms with Crippen LogP contribution in [0.5, 0.6) is 0 Å². The summed E-state index contributed by atoms with van der Waals surface area (Å²) >= 11 is 0. The molecule has 1 heterocycles. The zero-order valence-corrected chi connectivity index (χ0v) is 17.7. The summed E-state index contributed by atoms with van der Waals surface area (Å²) in [5, 5.41) is 7.79. The minimum atomic E-state index is -4.47. The zero-order valence-electron chi connectivity index (χ0n) is 16.9. The first-order chi connectivity index (χ1) is 14.9. The van der Waals surface area contributed by atoms with Crippen molar-refractivity contribution in [2.45, 2.75) is 24.8 Å². The molecule has 32 heavy (non-hydrogen) atoms. The Morgan fingerprint density at radius 3 is 2.25 bits per heavy atom. The average molecular weight is 469 g/mol. The smallest absolute Gasteiger partial charge is 0.339 e. The van der Waals surface area contributed by atoms with Crippen molar-refractivity contribution < 1.29 is 31.2 Å². The SMILES string of the molecule is NS(=O)(=O)Cc1cccc(NC(=O)C2CCN(C(=O)c3ccc(C(F)(F)F)cc3)CC2)c1. The van der Waals surface area contributed by atoms with Gasteiger partial charge in [0, 0.05) is 30.3 Å². The normalized spacial score (nSPS) is 15.4. The van der Waals surface area contributed by atoms with Gasteiger partial charge < -0.3 is 10.2 Å². The minimum Gasteiger partial charge on any atom is -0.339 e. The number of primary sulfonamides is 1. The van der Waals surface area contributed by atoms with Crippen molar-refractivity contribution >= 4 is 27.5 Å². The van der Waals surface area contributed by atoms with Gasteiger partial charge in [0.05, 0.1) is 11.3 Å². The van der Waals surface area contributed by atoms with Crippen LogP contribution in [-0.2, 0) is 26.7 Å². The molecule has 2 aromatic rings. The van der Waals surface area contributed by atoms with Gasteiger partial charge in [-0.3, -0.25) is 9.59 Å². The number of nitrogens with two attached hydrogens (primary N) is 1. The van der Waals surface area contributed by atoms with Gasteiger partial charge in [0.2, 0.25) is 15.9 Å². The van der Waals surface area contributed by atoms with Crippen LogP contribution in [0.25, 0.3) is 0 Å². The van der Waals surface area contributed by atoms with Crippen molar-refractivity contribution in [2.75, 3.05) is 18.4 Å². The molecular weight excluding hydrogens is 447 g/mol. The van der Waals surface area contributed by atoms with Crippen molar-refractivity contribution in [3.8, 4) is 0 Å². The fourth-order valence-electron chi connectivity index (χ4n) is 3.54. The zero-order chi connectivity index (χ0) is 23.5. The fourth-order valence-corrected chi connectivity index (χ4v) is 4.19. The lowest BCUT2D eigenvalue weighted by atomic mass is 9.95. The van der Waals surface area contributed by atoms with E-state index in [1.54, 1.807) is 18.2 Å². The Hall–Kier alpha value is -2.92. The molecule has 1 aliphatic heterocycles. The third kappa shape index (κ3) is 6.30. The molecule has 1 aliphatic rings.